The summed E-state index contributed by atoms with van der Waals surface area (Å²) < 4.78 is 0. The third-order valence-electron chi connectivity index (χ3n) is 4.82. The van der Waals surface area contributed by atoms with E-state index in [0.29, 0.717) is 12.1 Å². The number of fused-ring (bicyclic) bond motifs is 2. The van der Waals surface area contributed by atoms with Crippen LogP contribution >= 0.6 is 0 Å². The van der Waals surface area contributed by atoms with Crippen molar-refractivity contribution in [3.8, 4) is 17.3 Å². The summed E-state index contributed by atoms with van der Waals surface area (Å²) in [6.45, 7) is 0.691. The van der Waals surface area contributed by atoms with Crippen LogP contribution in [0.3, 0.4) is 0 Å². The molecule has 0 fully saturated rings. The summed E-state index contributed by atoms with van der Waals surface area (Å²) >= 11 is 0. The molecule has 0 saturated heterocycles. The van der Waals surface area contributed by atoms with E-state index in [0.717, 1.165) is 52.3 Å². The average Bonchev–Trinajstić information content (AvgIpc) is 3.05. The lowest BCUT2D eigenvalue weighted by molar-refractivity contribution is 0.748. The Kier molecular flexibility index (Phi) is 4.39. The van der Waals surface area contributed by atoms with Crippen molar-refractivity contribution in [2.45, 2.75) is 19.3 Å². The second-order valence-electron chi connectivity index (χ2n) is 6.48. The molecule has 3 N–H and O–H groups in total. The van der Waals surface area contributed by atoms with Gasteiger partial charge in [-0.05, 0) is 55.6 Å². The minimum Gasteiger partial charge on any atom is -0.354 e. The van der Waals surface area contributed by atoms with Crippen molar-refractivity contribution in [1.29, 1.82) is 5.26 Å². The summed E-state index contributed by atoms with van der Waals surface area (Å²) in [5.41, 5.74) is 11.8. The van der Waals surface area contributed by atoms with Gasteiger partial charge in [-0.15, -0.1) is 0 Å². The Labute approximate surface area is 152 Å². The number of nitriles is 1. The van der Waals surface area contributed by atoms with E-state index in [4.69, 9.17) is 5.73 Å². The van der Waals surface area contributed by atoms with Crippen LogP contribution in [0, 0.1) is 11.3 Å². The van der Waals surface area contributed by atoms with Crippen molar-refractivity contribution in [3.05, 3.63) is 65.9 Å². The summed E-state index contributed by atoms with van der Waals surface area (Å²) in [6.07, 6.45) is 4.75. The van der Waals surface area contributed by atoms with E-state index in [9.17, 15) is 5.26 Å². The number of aromatic amines is 1. The minimum absolute atomic E-state index is 0.680. The Balaban J connectivity index is 1.95. The number of hydrogen-bond acceptors (Lipinski definition) is 3. The van der Waals surface area contributed by atoms with Gasteiger partial charge in [-0.2, -0.15) is 5.26 Å². The predicted octanol–water partition coefficient (Wildman–Crippen LogP) is 4.54. The van der Waals surface area contributed by atoms with Gasteiger partial charge >= 0.3 is 0 Å². The summed E-state index contributed by atoms with van der Waals surface area (Å²) in [5.74, 6) is 0. The lowest BCUT2D eigenvalue weighted by Gasteiger charge is -2.08. The van der Waals surface area contributed by atoms with Crippen LogP contribution in [-0.2, 0) is 6.42 Å². The third-order valence-corrected chi connectivity index (χ3v) is 4.82. The van der Waals surface area contributed by atoms with Crippen molar-refractivity contribution in [1.82, 2.24) is 9.97 Å². The van der Waals surface area contributed by atoms with Gasteiger partial charge in [0.15, 0.2) is 0 Å². The normalized spacial score (nSPS) is 11.1. The average molecular weight is 340 g/mol. The third kappa shape index (κ3) is 2.83. The molecule has 4 rings (SSSR count). The molecule has 0 aliphatic rings. The standard InChI is InChI=1S/C22H20N4/c23-11-2-1-7-17-19-13-15(14-24)9-10-20(19)26-22(17)18-8-3-5-16-6-4-12-25-21(16)18/h3-6,8-10,12-13,26H,1-2,7,11,23H2. The van der Waals surface area contributed by atoms with Crippen LogP contribution in [0.2, 0.25) is 0 Å². The van der Waals surface area contributed by atoms with Gasteiger partial charge in [-0.3, -0.25) is 4.98 Å². The molecule has 2 heterocycles. The van der Waals surface area contributed by atoms with Crippen molar-refractivity contribution in [2.75, 3.05) is 6.54 Å². The molecule has 0 spiro atoms. The molecule has 4 aromatic rings. The fraction of sp³-hybridized carbons (Fsp3) is 0.182. The highest BCUT2D eigenvalue weighted by Crippen LogP contribution is 2.35. The summed E-state index contributed by atoms with van der Waals surface area (Å²) in [7, 11) is 0. The van der Waals surface area contributed by atoms with Crippen LogP contribution in [0.5, 0.6) is 0 Å². The highest BCUT2D eigenvalue weighted by molar-refractivity contribution is 5.99. The maximum Gasteiger partial charge on any atom is 0.0991 e. The van der Waals surface area contributed by atoms with Crippen LogP contribution in [0.15, 0.2) is 54.7 Å². The Morgan fingerprint density at radius 3 is 2.81 bits per heavy atom. The number of para-hydroxylation sites is 1. The SMILES string of the molecule is N#Cc1ccc2[nH]c(-c3cccc4cccnc34)c(CCCCN)c2c1. The van der Waals surface area contributed by atoms with Crippen LogP contribution in [0.4, 0.5) is 0 Å². The first-order valence-corrected chi connectivity index (χ1v) is 8.90. The van der Waals surface area contributed by atoms with Gasteiger partial charge in [0, 0.05) is 28.0 Å². The second kappa shape index (κ2) is 6.99. The number of H-pyrrole nitrogens is 1. The number of benzene rings is 2. The molecule has 0 unspecified atom stereocenters. The number of pyridine rings is 1. The zero-order valence-corrected chi connectivity index (χ0v) is 14.5. The molecule has 0 radical (unpaired) electrons. The zero-order valence-electron chi connectivity index (χ0n) is 14.5. The summed E-state index contributed by atoms with van der Waals surface area (Å²) in [4.78, 5) is 8.18. The lowest BCUT2D eigenvalue weighted by Crippen LogP contribution is -1.99. The van der Waals surface area contributed by atoms with E-state index in [1.807, 2.05) is 30.5 Å². The summed E-state index contributed by atoms with van der Waals surface area (Å²) in [6, 6.07) is 18.4. The number of rotatable bonds is 5. The van der Waals surface area contributed by atoms with Gasteiger partial charge in [0.2, 0.25) is 0 Å². The number of nitrogens with zero attached hydrogens (tertiary/aromatic N) is 2. The van der Waals surface area contributed by atoms with Gasteiger partial charge in [-0.1, -0.05) is 24.3 Å². The van der Waals surface area contributed by atoms with E-state index >= 15 is 0 Å². The smallest absolute Gasteiger partial charge is 0.0991 e. The molecule has 4 heteroatoms. The number of nitrogens with two attached hydrogens (primary N) is 1. The fourth-order valence-electron chi connectivity index (χ4n) is 3.56. The van der Waals surface area contributed by atoms with Gasteiger partial charge in [-0.25, -0.2) is 0 Å². The Hall–Kier alpha value is -3.16. The molecule has 26 heavy (non-hydrogen) atoms. The van der Waals surface area contributed by atoms with E-state index < -0.39 is 0 Å². The number of aromatic nitrogens is 2. The van der Waals surface area contributed by atoms with E-state index in [1.165, 1.54) is 5.56 Å². The molecular weight excluding hydrogens is 320 g/mol. The van der Waals surface area contributed by atoms with E-state index in [1.54, 1.807) is 0 Å². The Morgan fingerprint density at radius 1 is 1.08 bits per heavy atom. The molecule has 2 aromatic heterocycles. The van der Waals surface area contributed by atoms with E-state index in [2.05, 4.69) is 40.3 Å². The zero-order chi connectivity index (χ0) is 17.9. The maximum absolute atomic E-state index is 9.28. The molecule has 4 nitrogen and oxygen atoms in total. The molecule has 0 saturated carbocycles. The van der Waals surface area contributed by atoms with Crippen molar-refractivity contribution >= 4 is 21.8 Å². The second-order valence-corrected chi connectivity index (χ2v) is 6.48. The lowest BCUT2D eigenvalue weighted by atomic mass is 9.98. The van der Waals surface area contributed by atoms with Crippen LogP contribution < -0.4 is 5.73 Å². The van der Waals surface area contributed by atoms with Crippen molar-refractivity contribution in [2.24, 2.45) is 5.73 Å². The number of hydrogen-bond donors (Lipinski definition) is 2. The quantitative estimate of drug-likeness (QED) is 0.524. The number of aryl methyl sites for hydroxylation is 1. The molecule has 2 aromatic carbocycles. The monoisotopic (exact) mass is 340 g/mol. The van der Waals surface area contributed by atoms with Gasteiger partial charge in [0.05, 0.1) is 22.8 Å². The molecule has 128 valence electrons. The molecule has 0 aliphatic carbocycles. The van der Waals surface area contributed by atoms with Crippen molar-refractivity contribution in [3.63, 3.8) is 0 Å². The van der Waals surface area contributed by atoms with Crippen LogP contribution in [0.1, 0.15) is 24.0 Å². The van der Waals surface area contributed by atoms with Gasteiger partial charge in [0.1, 0.15) is 0 Å². The molecule has 0 aliphatic heterocycles. The fourth-order valence-corrected chi connectivity index (χ4v) is 3.56. The Morgan fingerprint density at radius 2 is 1.96 bits per heavy atom. The molecule has 0 bridgehead atoms. The molecular formula is C22H20N4. The largest absolute Gasteiger partial charge is 0.354 e. The maximum atomic E-state index is 9.28. The van der Waals surface area contributed by atoms with E-state index in [-0.39, 0.29) is 0 Å². The topological polar surface area (TPSA) is 78.5 Å². The van der Waals surface area contributed by atoms with Crippen LogP contribution in [0.25, 0.3) is 33.1 Å². The highest BCUT2D eigenvalue weighted by Gasteiger charge is 2.16. The van der Waals surface area contributed by atoms with Crippen molar-refractivity contribution < 1.29 is 0 Å². The summed E-state index contributed by atoms with van der Waals surface area (Å²) in [5, 5.41) is 11.5. The first-order valence-electron chi connectivity index (χ1n) is 8.90. The van der Waals surface area contributed by atoms with Gasteiger partial charge in [0.25, 0.3) is 0 Å². The first-order chi connectivity index (χ1) is 12.8. The first kappa shape index (κ1) is 16.3. The number of unbranched alkanes of at least 4 members (excludes halogenated alkanes) is 1. The van der Waals surface area contributed by atoms with Gasteiger partial charge < -0.3 is 10.7 Å². The van der Waals surface area contributed by atoms with Crippen LogP contribution in [-0.4, -0.2) is 16.5 Å². The molecule has 0 amide bonds. The number of nitrogens with one attached hydrogen (secondary N) is 1. The minimum atomic E-state index is 0.680. The predicted molar refractivity (Wildman–Crippen MR) is 106 cm³/mol. The Bertz CT molecular complexity index is 1110. The molecule has 0 atom stereocenters. The highest BCUT2D eigenvalue weighted by atomic mass is 14.7.